The molecule has 0 saturated heterocycles. The molecule has 1 heterocycles. The first-order valence-corrected chi connectivity index (χ1v) is 6.61. The van der Waals surface area contributed by atoms with Gasteiger partial charge in [0.1, 0.15) is 0 Å². The minimum Gasteiger partial charge on any atom is -0.396 e. The molecule has 19 heavy (non-hydrogen) atoms. The first-order valence-electron chi connectivity index (χ1n) is 5.81. The SMILES string of the molecule is Cn1cc(NC(=O)NC(C)(C)CCO)cc(Br)c1=O. The average molecular weight is 332 g/mol. The van der Waals surface area contributed by atoms with Crippen LogP contribution in [0.3, 0.4) is 0 Å². The molecule has 3 N–H and O–H groups in total. The summed E-state index contributed by atoms with van der Waals surface area (Å²) in [5.41, 5.74) is -0.172. The summed E-state index contributed by atoms with van der Waals surface area (Å²) in [4.78, 5) is 23.3. The van der Waals surface area contributed by atoms with Gasteiger partial charge in [-0.25, -0.2) is 4.79 Å². The molecule has 0 saturated carbocycles. The molecule has 106 valence electrons. The molecule has 1 rings (SSSR count). The van der Waals surface area contributed by atoms with Crippen LogP contribution in [0.15, 0.2) is 21.5 Å². The summed E-state index contributed by atoms with van der Waals surface area (Å²) in [7, 11) is 1.60. The molecular formula is C12H18BrN3O3. The van der Waals surface area contributed by atoms with Gasteiger partial charge in [-0.3, -0.25) is 4.79 Å². The van der Waals surface area contributed by atoms with E-state index in [0.717, 1.165) is 0 Å². The van der Waals surface area contributed by atoms with Gasteiger partial charge in [-0.15, -0.1) is 0 Å². The van der Waals surface area contributed by atoms with Gasteiger partial charge in [-0.1, -0.05) is 0 Å². The number of amides is 2. The zero-order valence-corrected chi connectivity index (χ0v) is 12.7. The number of aromatic nitrogens is 1. The number of rotatable bonds is 4. The Balaban J connectivity index is 2.75. The number of carbonyl (C=O) groups excluding carboxylic acids is 1. The topological polar surface area (TPSA) is 83.4 Å². The molecule has 0 aromatic carbocycles. The normalized spacial score (nSPS) is 11.2. The Kier molecular flexibility index (Phi) is 5.13. The number of hydrogen-bond donors (Lipinski definition) is 3. The van der Waals surface area contributed by atoms with E-state index < -0.39 is 5.54 Å². The summed E-state index contributed by atoms with van der Waals surface area (Å²) in [5, 5.41) is 14.3. The number of aliphatic hydroxyl groups excluding tert-OH is 1. The predicted molar refractivity (Wildman–Crippen MR) is 77.3 cm³/mol. The van der Waals surface area contributed by atoms with Crippen molar-refractivity contribution in [1.29, 1.82) is 0 Å². The Bertz CT molecular complexity index is 499. The molecule has 6 nitrogen and oxygen atoms in total. The Morgan fingerprint density at radius 2 is 2.16 bits per heavy atom. The number of pyridine rings is 1. The fourth-order valence-corrected chi connectivity index (χ4v) is 2.08. The molecule has 0 aliphatic carbocycles. The van der Waals surface area contributed by atoms with Crippen LogP contribution in [0.4, 0.5) is 10.5 Å². The first-order chi connectivity index (χ1) is 8.75. The van der Waals surface area contributed by atoms with Crippen molar-refractivity contribution in [3.8, 4) is 0 Å². The Labute approximate surface area is 120 Å². The number of halogens is 1. The van der Waals surface area contributed by atoms with Crippen molar-refractivity contribution in [3.63, 3.8) is 0 Å². The number of nitrogens with one attached hydrogen (secondary N) is 2. The van der Waals surface area contributed by atoms with Crippen LogP contribution >= 0.6 is 15.9 Å². The Hall–Kier alpha value is -1.34. The summed E-state index contributed by atoms with van der Waals surface area (Å²) in [6, 6.07) is 1.16. The van der Waals surface area contributed by atoms with E-state index in [9.17, 15) is 9.59 Å². The fraction of sp³-hybridized carbons (Fsp3) is 0.500. The van der Waals surface area contributed by atoms with Gasteiger partial charge < -0.3 is 20.3 Å². The van der Waals surface area contributed by atoms with Gasteiger partial charge in [0.15, 0.2) is 0 Å². The number of nitrogens with zero attached hydrogens (tertiary/aromatic N) is 1. The quantitative estimate of drug-likeness (QED) is 0.780. The predicted octanol–water partition coefficient (Wildman–Crippen LogP) is 1.43. The van der Waals surface area contributed by atoms with Crippen molar-refractivity contribution in [2.45, 2.75) is 25.8 Å². The van der Waals surface area contributed by atoms with Crippen LogP contribution in [-0.2, 0) is 7.05 Å². The van der Waals surface area contributed by atoms with Gasteiger partial charge >= 0.3 is 6.03 Å². The minimum atomic E-state index is -0.503. The maximum absolute atomic E-state index is 11.8. The molecule has 0 bridgehead atoms. The molecule has 0 fully saturated rings. The molecule has 0 spiro atoms. The number of anilines is 1. The van der Waals surface area contributed by atoms with Gasteiger partial charge in [0.2, 0.25) is 0 Å². The van der Waals surface area contributed by atoms with Crippen LogP contribution in [-0.4, -0.2) is 27.9 Å². The summed E-state index contributed by atoms with van der Waals surface area (Å²) in [5.74, 6) is 0. The highest BCUT2D eigenvalue weighted by atomic mass is 79.9. The highest BCUT2D eigenvalue weighted by molar-refractivity contribution is 9.10. The number of carbonyl (C=O) groups is 1. The standard InChI is InChI=1S/C12H18BrN3O3/c1-12(2,4-5-17)15-11(19)14-8-6-9(13)10(18)16(3)7-8/h6-7,17H,4-5H2,1-3H3,(H2,14,15,19). The molecule has 2 amide bonds. The monoisotopic (exact) mass is 331 g/mol. The van der Waals surface area contributed by atoms with Crippen LogP contribution in [0.2, 0.25) is 0 Å². The van der Waals surface area contributed by atoms with Gasteiger partial charge in [-0.2, -0.15) is 0 Å². The summed E-state index contributed by atoms with van der Waals surface area (Å²) in [6.45, 7) is 3.64. The maximum atomic E-state index is 11.8. The van der Waals surface area contributed by atoms with Gasteiger partial charge in [0.25, 0.3) is 5.56 Å². The van der Waals surface area contributed by atoms with Crippen LogP contribution in [0.5, 0.6) is 0 Å². The van der Waals surface area contributed by atoms with Crippen molar-refractivity contribution in [2.75, 3.05) is 11.9 Å². The van der Waals surface area contributed by atoms with E-state index in [2.05, 4.69) is 26.6 Å². The van der Waals surface area contributed by atoms with Gasteiger partial charge in [0.05, 0.1) is 10.2 Å². The van der Waals surface area contributed by atoms with Crippen LogP contribution in [0.1, 0.15) is 20.3 Å². The molecule has 0 atom stereocenters. The van der Waals surface area contributed by atoms with E-state index in [1.54, 1.807) is 13.1 Å². The van der Waals surface area contributed by atoms with Gasteiger partial charge in [-0.05, 0) is 42.3 Å². The molecule has 1 aromatic heterocycles. The third kappa shape index (κ3) is 4.68. The minimum absolute atomic E-state index is 0.00132. The lowest BCUT2D eigenvalue weighted by molar-refractivity contribution is 0.218. The van der Waals surface area contributed by atoms with Crippen LogP contribution in [0, 0.1) is 0 Å². The largest absolute Gasteiger partial charge is 0.396 e. The van der Waals surface area contributed by atoms with E-state index >= 15 is 0 Å². The van der Waals surface area contributed by atoms with E-state index in [4.69, 9.17) is 5.11 Å². The lowest BCUT2D eigenvalue weighted by Crippen LogP contribution is -2.46. The van der Waals surface area contributed by atoms with Crippen LogP contribution in [0.25, 0.3) is 0 Å². The molecular weight excluding hydrogens is 314 g/mol. The second-order valence-corrected chi connectivity index (χ2v) is 5.78. The summed E-state index contributed by atoms with van der Waals surface area (Å²) < 4.78 is 1.75. The molecule has 0 aliphatic heterocycles. The number of aliphatic hydroxyl groups is 1. The van der Waals surface area contributed by atoms with Crippen LogP contribution < -0.4 is 16.2 Å². The van der Waals surface area contributed by atoms with Crippen molar-refractivity contribution in [3.05, 3.63) is 27.1 Å². The fourth-order valence-electron chi connectivity index (χ4n) is 1.55. The van der Waals surface area contributed by atoms with E-state index in [-0.39, 0.29) is 18.2 Å². The molecule has 0 unspecified atom stereocenters. The van der Waals surface area contributed by atoms with E-state index in [1.807, 2.05) is 13.8 Å². The second kappa shape index (κ2) is 6.21. The second-order valence-electron chi connectivity index (χ2n) is 4.93. The molecule has 7 heteroatoms. The van der Waals surface area contributed by atoms with Crippen molar-refractivity contribution >= 4 is 27.6 Å². The zero-order valence-electron chi connectivity index (χ0n) is 11.2. The number of hydrogen-bond acceptors (Lipinski definition) is 3. The third-order valence-corrected chi connectivity index (χ3v) is 3.15. The van der Waals surface area contributed by atoms with Crippen molar-refractivity contribution in [1.82, 2.24) is 9.88 Å². The lowest BCUT2D eigenvalue weighted by atomic mass is 10.0. The average Bonchev–Trinajstić information content (AvgIpc) is 2.24. The summed E-state index contributed by atoms with van der Waals surface area (Å²) in [6.07, 6.45) is 1.99. The van der Waals surface area contributed by atoms with Crippen molar-refractivity contribution < 1.29 is 9.90 Å². The summed E-state index contributed by atoms with van der Waals surface area (Å²) >= 11 is 3.13. The lowest BCUT2D eigenvalue weighted by Gasteiger charge is -2.25. The highest BCUT2D eigenvalue weighted by Gasteiger charge is 2.19. The van der Waals surface area contributed by atoms with E-state index in [0.29, 0.717) is 16.6 Å². The molecule has 0 aliphatic rings. The number of aryl methyl sites for hydroxylation is 1. The molecule has 1 aromatic rings. The van der Waals surface area contributed by atoms with E-state index in [1.165, 1.54) is 10.8 Å². The smallest absolute Gasteiger partial charge is 0.319 e. The van der Waals surface area contributed by atoms with Gasteiger partial charge in [0, 0.05) is 25.4 Å². The Morgan fingerprint density at radius 1 is 1.53 bits per heavy atom. The highest BCUT2D eigenvalue weighted by Crippen LogP contribution is 2.12. The Morgan fingerprint density at radius 3 is 2.68 bits per heavy atom. The van der Waals surface area contributed by atoms with Crippen molar-refractivity contribution in [2.24, 2.45) is 7.05 Å². The third-order valence-electron chi connectivity index (χ3n) is 2.59. The molecule has 0 radical (unpaired) electrons. The zero-order chi connectivity index (χ0) is 14.6. The first kappa shape index (κ1) is 15.7. The maximum Gasteiger partial charge on any atom is 0.319 e. The number of urea groups is 1.